The van der Waals surface area contributed by atoms with Gasteiger partial charge in [-0.3, -0.25) is 9.69 Å². The van der Waals surface area contributed by atoms with Gasteiger partial charge in [-0.25, -0.2) is 0 Å². The maximum Gasteiger partial charge on any atom is 0.236 e. The summed E-state index contributed by atoms with van der Waals surface area (Å²) in [6, 6.07) is 8.27. The highest BCUT2D eigenvalue weighted by molar-refractivity contribution is 5.78. The van der Waals surface area contributed by atoms with Crippen LogP contribution in [0.5, 0.6) is 0 Å². The summed E-state index contributed by atoms with van der Waals surface area (Å²) in [6.45, 7) is 7.78. The largest absolute Gasteiger partial charge is 0.340 e. The van der Waals surface area contributed by atoms with Gasteiger partial charge in [-0.15, -0.1) is 0 Å². The number of amides is 1. The van der Waals surface area contributed by atoms with Gasteiger partial charge in [0.05, 0.1) is 6.54 Å². The summed E-state index contributed by atoms with van der Waals surface area (Å²) >= 11 is 0. The molecule has 0 spiro atoms. The van der Waals surface area contributed by atoms with Crippen molar-refractivity contribution >= 4 is 5.91 Å². The van der Waals surface area contributed by atoms with Crippen molar-refractivity contribution < 1.29 is 4.79 Å². The molecule has 3 nitrogen and oxygen atoms in total. The van der Waals surface area contributed by atoms with Crippen LogP contribution in [-0.4, -0.2) is 42.4 Å². The molecule has 0 aromatic heterocycles. The van der Waals surface area contributed by atoms with Gasteiger partial charge in [0, 0.05) is 13.6 Å². The summed E-state index contributed by atoms with van der Waals surface area (Å²) in [7, 11) is 1.90. The van der Waals surface area contributed by atoms with Crippen LogP contribution in [0.15, 0.2) is 24.3 Å². The predicted octanol–water partition coefficient (Wildman–Crippen LogP) is 2.69. The van der Waals surface area contributed by atoms with Crippen molar-refractivity contribution in [3.8, 4) is 0 Å². The van der Waals surface area contributed by atoms with Gasteiger partial charge in [0.25, 0.3) is 0 Å². The lowest BCUT2D eigenvalue weighted by Gasteiger charge is -2.31. The number of hydrogen-bond donors (Lipinski definition) is 0. The first-order valence-electron chi connectivity index (χ1n) is 7.57. The summed E-state index contributed by atoms with van der Waals surface area (Å²) in [6.07, 6.45) is 2.43. The van der Waals surface area contributed by atoms with Gasteiger partial charge in [0.1, 0.15) is 0 Å². The molecule has 1 fully saturated rings. The summed E-state index contributed by atoms with van der Waals surface area (Å²) in [5.74, 6) is 1.04. The Balaban J connectivity index is 1.84. The number of likely N-dealkylation sites (tertiary alicyclic amines) is 1. The number of nitrogens with zero attached hydrogens (tertiary/aromatic N) is 2. The first-order chi connectivity index (χ1) is 9.56. The molecule has 0 saturated carbocycles. The molecule has 0 N–H and O–H groups in total. The maximum absolute atomic E-state index is 12.3. The van der Waals surface area contributed by atoms with Gasteiger partial charge < -0.3 is 4.90 Å². The zero-order valence-electron chi connectivity index (χ0n) is 12.9. The minimum Gasteiger partial charge on any atom is -0.340 e. The number of likely N-dealkylation sites (N-methyl/N-ethyl adjacent to an activating group) is 1. The molecule has 1 amide bonds. The lowest BCUT2D eigenvalue weighted by Crippen LogP contribution is -2.41. The van der Waals surface area contributed by atoms with Gasteiger partial charge in [0.2, 0.25) is 5.91 Å². The fraction of sp³-hybridized carbons (Fsp3) is 0.588. The third-order valence-electron chi connectivity index (χ3n) is 4.33. The van der Waals surface area contributed by atoms with E-state index in [4.69, 9.17) is 0 Å². The van der Waals surface area contributed by atoms with Gasteiger partial charge in [-0.05, 0) is 49.9 Å². The summed E-state index contributed by atoms with van der Waals surface area (Å²) in [4.78, 5) is 16.4. The third kappa shape index (κ3) is 4.07. The van der Waals surface area contributed by atoms with Crippen molar-refractivity contribution in [3.05, 3.63) is 35.4 Å². The molecule has 20 heavy (non-hydrogen) atoms. The van der Waals surface area contributed by atoms with E-state index in [1.807, 2.05) is 24.1 Å². The van der Waals surface area contributed by atoms with Crippen LogP contribution >= 0.6 is 0 Å². The lowest BCUT2D eigenvalue weighted by molar-refractivity contribution is -0.132. The second-order valence-corrected chi connectivity index (χ2v) is 6.13. The second-order valence-electron chi connectivity index (χ2n) is 6.13. The topological polar surface area (TPSA) is 23.6 Å². The number of carbonyl (C=O) groups is 1. The summed E-state index contributed by atoms with van der Waals surface area (Å²) in [5, 5.41) is 0. The number of piperidine rings is 1. The summed E-state index contributed by atoms with van der Waals surface area (Å²) in [5.41, 5.74) is 2.48. The quantitative estimate of drug-likeness (QED) is 0.843. The molecule has 0 bridgehead atoms. The molecule has 1 aromatic rings. The molecule has 3 heteroatoms. The number of benzene rings is 1. The number of hydrogen-bond acceptors (Lipinski definition) is 2. The van der Waals surface area contributed by atoms with E-state index in [0.29, 0.717) is 13.1 Å². The smallest absolute Gasteiger partial charge is 0.236 e. The van der Waals surface area contributed by atoms with E-state index >= 15 is 0 Å². The van der Waals surface area contributed by atoms with Gasteiger partial charge >= 0.3 is 0 Å². The Labute approximate surface area is 122 Å². The highest BCUT2D eigenvalue weighted by Gasteiger charge is 2.19. The monoisotopic (exact) mass is 274 g/mol. The minimum atomic E-state index is 0.225. The SMILES string of the molecule is Cc1ccccc1CN(C)C(=O)CN1CCC(C)CC1. The van der Waals surface area contributed by atoms with Crippen molar-refractivity contribution in [1.82, 2.24) is 9.80 Å². The Hall–Kier alpha value is -1.35. The Morgan fingerprint density at radius 1 is 1.30 bits per heavy atom. The molecule has 1 aliphatic heterocycles. The molecule has 110 valence electrons. The number of aryl methyl sites for hydroxylation is 1. The third-order valence-corrected chi connectivity index (χ3v) is 4.33. The first kappa shape index (κ1) is 15.0. The average molecular weight is 274 g/mol. The van der Waals surface area contributed by atoms with Crippen molar-refractivity contribution in [2.45, 2.75) is 33.2 Å². The fourth-order valence-electron chi connectivity index (χ4n) is 2.66. The van der Waals surface area contributed by atoms with Crippen LogP contribution in [0.2, 0.25) is 0 Å². The van der Waals surface area contributed by atoms with Crippen molar-refractivity contribution in [2.24, 2.45) is 5.92 Å². The van der Waals surface area contributed by atoms with E-state index in [0.717, 1.165) is 19.0 Å². The Morgan fingerprint density at radius 2 is 1.95 bits per heavy atom. The fourth-order valence-corrected chi connectivity index (χ4v) is 2.66. The molecule has 1 heterocycles. The molecule has 1 aromatic carbocycles. The molecule has 0 aliphatic carbocycles. The zero-order valence-corrected chi connectivity index (χ0v) is 12.9. The number of rotatable bonds is 4. The van der Waals surface area contributed by atoms with Crippen molar-refractivity contribution in [3.63, 3.8) is 0 Å². The Kier molecular flexibility index (Phi) is 5.18. The minimum absolute atomic E-state index is 0.225. The summed E-state index contributed by atoms with van der Waals surface area (Å²) < 4.78 is 0. The Bertz CT molecular complexity index is 450. The first-order valence-corrected chi connectivity index (χ1v) is 7.57. The molecular formula is C17H26N2O. The van der Waals surface area contributed by atoms with Crippen LogP contribution < -0.4 is 0 Å². The van der Waals surface area contributed by atoms with Crippen LogP contribution in [0.3, 0.4) is 0 Å². The van der Waals surface area contributed by atoms with Crippen LogP contribution in [0.1, 0.15) is 30.9 Å². The predicted molar refractivity (Wildman–Crippen MR) is 82.5 cm³/mol. The van der Waals surface area contributed by atoms with E-state index in [1.165, 1.54) is 24.0 Å². The molecule has 0 unspecified atom stereocenters. The van der Waals surface area contributed by atoms with Gasteiger partial charge in [-0.1, -0.05) is 31.2 Å². The van der Waals surface area contributed by atoms with Crippen molar-refractivity contribution in [2.75, 3.05) is 26.7 Å². The maximum atomic E-state index is 12.3. The second kappa shape index (κ2) is 6.89. The van der Waals surface area contributed by atoms with Gasteiger partial charge in [0.15, 0.2) is 0 Å². The standard InChI is InChI=1S/C17H26N2O/c1-14-8-10-19(11-9-14)13-17(20)18(3)12-16-7-5-4-6-15(16)2/h4-7,14H,8-13H2,1-3H3. The molecule has 0 atom stereocenters. The Morgan fingerprint density at radius 3 is 2.60 bits per heavy atom. The highest BCUT2D eigenvalue weighted by atomic mass is 16.2. The normalized spacial score (nSPS) is 17.1. The molecule has 0 radical (unpaired) electrons. The van der Waals surface area contributed by atoms with E-state index < -0.39 is 0 Å². The molecule has 1 saturated heterocycles. The molecule has 2 rings (SSSR count). The highest BCUT2D eigenvalue weighted by Crippen LogP contribution is 2.16. The lowest BCUT2D eigenvalue weighted by atomic mass is 9.99. The van der Waals surface area contributed by atoms with Gasteiger partial charge in [-0.2, -0.15) is 0 Å². The average Bonchev–Trinajstić information content (AvgIpc) is 2.44. The van der Waals surface area contributed by atoms with E-state index in [1.54, 1.807) is 0 Å². The van der Waals surface area contributed by atoms with E-state index in [9.17, 15) is 4.79 Å². The van der Waals surface area contributed by atoms with E-state index in [2.05, 4.69) is 30.9 Å². The van der Waals surface area contributed by atoms with Crippen LogP contribution in [0.4, 0.5) is 0 Å². The molecular weight excluding hydrogens is 248 g/mol. The van der Waals surface area contributed by atoms with Crippen molar-refractivity contribution in [1.29, 1.82) is 0 Å². The number of carbonyl (C=O) groups excluding carboxylic acids is 1. The van der Waals surface area contributed by atoms with Crippen LogP contribution in [0.25, 0.3) is 0 Å². The van der Waals surface area contributed by atoms with Crippen LogP contribution in [-0.2, 0) is 11.3 Å². The zero-order chi connectivity index (χ0) is 14.5. The van der Waals surface area contributed by atoms with E-state index in [-0.39, 0.29) is 5.91 Å². The molecule has 1 aliphatic rings. The van der Waals surface area contributed by atoms with Crippen LogP contribution in [0, 0.1) is 12.8 Å².